The highest BCUT2D eigenvalue weighted by Gasteiger charge is 2.25. The molecule has 0 N–H and O–H groups in total. The maximum Gasteiger partial charge on any atom is 0.255 e. The van der Waals surface area contributed by atoms with Crippen LogP contribution in [0.15, 0.2) is 27.1 Å². The monoisotopic (exact) mass is 423 g/mol. The summed E-state index contributed by atoms with van der Waals surface area (Å²) in [6.45, 7) is 2.04. The number of nitrogens with zero attached hydrogens (tertiary/aromatic N) is 1. The summed E-state index contributed by atoms with van der Waals surface area (Å²) >= 11 is 12.4. The first kappa shape index (κ1) is 16.3. The summed E-state index contributed by atoms with van der Waals surface area (Å²) in [6.07, 6.45) is 1.97. The number of halogens is 3. The van der Waals surface area contributed by atoms with E-state index in [-0.39, 0.29) is 12.0 Å². The molecule has 1 fully saturated rings. The van der Waals surface area contributed by atoms with Crippen molar-refractivity contribution in [3.05, 3.63) is 32.7 Å². The number of hydrogen-bond acceptors (Lipinski definition) is 2. The van der Waals surface area contributed by atoms with Crippen LogP contribution in [0.4, 0.5) is 0 Å². The Bertz CT molecular complexity index is 476. The van der Waals surface area contributed by atoms with Gasteiger partial charge in [-0.2, -0.15) is 0 Å². The molecule has 1 aliphatic rings. The fourth-order valence-corrected chi connectivity index (χ4v) is 3.58. The van der Waals surface area contributed by atoms with Crippen molar-refractivity contribution >= 4 is 49.4 Å². The molecule has 0 radical (unpaired) electrons. The molecule has 0 aromatic heterocycles. The lowest BCUT2D eigenvalue weighted by Crippen LogP contribution is -2.41. The predicted molar refractivity (Wildman–Crippen MR) is 87.4 cm³/mol. The topological polar surface area (TPSA) is 29.5 Å². The third kappa shape index (κ3) is 4.20. The fourth-order valence-electron chi connectivity index (χ4n) is 2.27. The Kier molecular flexibility index (Phi) is 6.33. The molecule has 0 atom stereocenters. The van der Waals surface area contributed by atoms with Gasteiger partial charge in [0.1, 0.15) is 0 Å². The Morgan fingerprint density at radius 3 is 2.65 bits per heavy atom. The average Bonchev–Trinajstić information content (AvgIpc) is 2.45. The highest BCUT2D eigenvalue weighted by atomic mass is 79.9. The van der Waals surface area contributed by atoms with Gasteiger partial charge in [-0.3, -0.25) is 4.79 Å². The van der Waals surface area contributed by atoms with Gasteiger partial charge in [0.2, 0.25) is 0 Å². The van der Waals surface area contributed by atoms with E-state index in [2.05, 4.69) is 31.9 Å². The maximum atomic E-state index is 12.5. The van der Waals surface area contributed by atoms with Gasteiger partial charge in [-0.25, -0.2) is 0 Å². The van der Waals surface area contributed by atoms with Crippen LogP contribution in [-0.4, -0.2) is 42.5 Å². The number of rotatable bonds is 4. The lowest BCUT2D eigenvalue weighted by Gasteiger charge is -2.32. The molecular weight excluding hydrogens is 409 g/mol. The van der Waals surface area contributed by atoms with Crippen molar-refractivity contribution in [3.8, 4) is 0 Å². The van der Waals surface area contributed by atoms with E-state index in [1.54, 1.807) is 0 Å². The quantitative estimate of drug-likeness (QED) is 0.681. The Morgan fingerprint density at radius 2 is 2.05 bits per heavy atom. The maximum absolute atomic E-state index is 12.5. The van der Waals surface area contributed by atoms with Crippen molar-refractivity contribution in [1.29, 1.82) is 0 Å². The normalized spacial score (nSPS) is 16.4. The smallest absolute Gasteiger partial charge is 0.255 e. The van der Waals surface area contributed by atoms with Crippen molar-refractivity contribution in [3.63, 3.8) is 0 Å². The van der Waals surface area contributed by atoms with E-state index in [0.29, 0.717) is 18.1 Å². The summed E-state index contributed by atoms with van der Waals surface area (Å²) in [5, 5.41) is 0. The lowest BCUT2D eigenvalue weighted by atomic mass is 10.1. The summed E-state index contributed by atoms with van der Waals surface area (Å²) in [5.74, 6) is 0.588. The standard InChI is InChI=1S/C14H16Br2ClNO2/c15-10-1-2-12(13(16)9-10)14(19)18-6-3-11(4-7-18)20-8-5-17/h1-2,9,11H,3-8H2. The van der Waals surface area contributed by atoms with Crippen LogP contribution in [0, 0.1) is 0 Å². The molecule has 3 nitrogen and oxygen atoms in total. The minimum Gasteiger partial charge on any atom is -0.377 e. The number of amides is 1. The number of likely N-dealkylation sites (tertiary alicyclic amines) is 1. The van der Waals surface area contributed by atoms with Crippen LogP contribution < -0.4 is 0 Å². The molecule has 1 amide bonds. The zero-order valence-electron chi connectivity index (χ0n) is 10.9. The van der Waals surface area contributed by atoms with E-state index in [1.807, 2.05) is 23.1 Å². The van der Waals surface area contributed by atoms with Gasteiger partial charge in [-0.05, 0) is 47.0 Å². The van der Waals surface area contributed by atoms with Crippen LogP contribution in [0.2, 0.25) is 0 Å². The first-order valence-electron chi connectivity index (χ1n) is 6.53. The molecule has 0 unspecified atom stereocenters. The van der Waals surface area contributed by atoms with E-state index >= 15 is 0 Å². The molecule has 0 spiro atoms. The summed E-state index contributed by atoms with van der Waals surface area (Å²) < 4.78 is 7.39. The molecule has 1 aliphatic heterocycles. The summed E-state index contributed by atoms with van der Waals surface area (Å²) in [7, 11) is 0. The zero-order valence-corrected chi connectivity index (χ0v) is 14.9. The molecule has 1 saturated heterocycles. The highest BCUT2D eigenvalue weighted by molar-refractivity contribution is 9.11. The molecule has 1 aromatic rings. The number of ether oxygens (including phenoxy) is 1. The van der Waals surface area contributed by atoms with Gasteiger partial charge in [0.15, 0.2) is 0 Å². The predicted octanol–water partition coefficient (Wildman–Crippen LogP) is 4.07. The molecule has 0 saturated carbocycles. The molecule has 110 valence electrons. The highest BCUT2D eigenvalue weighted by Crippen LogP contribution is 2.24. The van der Waals surface area contributed by atoms with Crippen LogP contribution in [-0.2, 0) is 4.74 Å². The first-order valence-corrected chi connectivity index (χ1v) is 8.65. The van der Waals surface area contributed by atoms with E-state index in [4.69, 9.17) is 16.3 Å². The summed E-state index contributed by atoms with van der Waals surface area (Å²) in [4.78, 5) is 14.4. The Hall–Kier alpha value is -0.100. The molecular formula is C14H16Br2ClNO2. The van der Waals surface area contributed by atoms with Crippen molar-refractivity contribution in [1.82, 2.24) is 4.90 Å². The van der Waals surface area contributed by atoms with Crippen LogP contribution in [0.25, 0.3) is 0 Å². The minimum absolute atomic E-state index is 0.0696. The van der Waals surface area contributed by atoms with Crippen LogP contribution in [0.5, 0.6) is 0 Å². The summed E-state index contributed by atoms with van der Waals surface area (Å²) in [5.41, 5.74) is 0.702. The summed E-state index contributed by atoms with van der Waals surface area (Å²) in [6, 6.07) is 5.62. The average molecular weight is 426 g/mol. The fraction of sp³-hybridized carbons (Fsp3) is 0.500. The van der Waals surface area contributed by atoms with E-state index in [1.165, 1.54) is 0 Å². The SMILES string of the molecule is O=C(c1ccc(Br)cc1Br)N1CCC(OCCCl)CC1. The Labute approximate surface area is 140 Å². The zero-order chi connectivity index (χ0) is 14.5. The second-order valence-electron chi connectivity index (χ2n) is 4.68. The second-order valence-corrected chi connectivity index (χ2v) is 6.82. The molecule has 1 heterocycles. The van der Waals surface area contributed by atoms with Gasteiger partial charge in [-0.15, -0.1) is 11.6 Å². The number of benzene rings is 1. The van der Waals surface area contributed by atoms with E-state index in [9.17, 15) is 4.79 Å². The van der Waals surface area contributed by atoms with Crippen LogP contribution >= 0.6 is 43.5 Å². The Balaban J connectivity index is 1.94. The van der Waals surface area contributed by atoms with Gasteiger partial charge >= 0.3 is 0 Å². The molecule has 6 heteroatoms. The van der Waals surface area contributed by atoms with Crippen LogP contribution in [0.3, 0.4) is 0 Å². The molecule has 20 heavy (non-hydrogen) atoms. The van der Waals surface area contributed by atoms with Gasteiger partial charge in [0.25, 0.3) is 5.91 Å². The number of hydrogen-bond donors (Lipinski definition) is 0. The first-order chi connectivity index (χ1) is 9.61. The number of carbonyl (C=O) groups excluding carboxylic acids is 1. The second kappa shape index (κ2) is 7.78. The third-order valence-corrected chi connectivity index (χ3v) is 4.63. The number of alkyl halides is 1. The molecule has 0 bridgehead atoms. The van der Waals surface area contributed by atoms with Crippen LogP contribution in [0.1, 0.15) is 23.2 Å². The molecule has 1 aromatic carbocycles. The largest absolute Gasteiger partial charge is 0.377 e. The van der Waals surface area contributed by atoms with Crippen molar-refractivity contribution in [2.24, 2.45) is 0 Å². The molecule has 2 rings (SSSR count). The van der Waals surface area contributed by atoms with Gasteiger partial charge in [0.05, 0.1) is 18.3 Å². The minimum atomic E-state index is 0.0696. The lowest BCUT2D eigenvalue weighted by molar-refractivity contribution is 0.0154. The van der Waals surface area contributed by atoms with Crippen molar-refractivity contribution in [2.45, 2.75) is 18.9 Å². The number of piperidine rings is 1. The third-order valence-electron chi connectivity index (χ3n) is 3.32. The van der Waals surface area contributed by atoms with Crippen molar-refractivity contribution in [2.75, 3.05) is 25.6 Å². The van der Waals surface area contributed by atoms with E-state index < -0.39 is 0 Å². The molecule has 0 aliphatic carbocycles. The number of carbonyl (C=O) groups is 1. The van der Waals surface area contributed by atoms with E-state index in [0.717, 1.165) is 34.9 Å². The van der Waals surface area contributed by atoms with Gasteiger partial charge in [-0.1, -0.05) is 15.9 Å². The van der Waals surface area contributed by atoms with Crippen molar-refractivity contribution < 1.29 is 9.53 Å². The van der Waals surface area contributed by atoms with Gasteiger partial charge in [0, 0.05) is 27.9 Å². The van der Waals surface area contributed by atoms with Gasteiger partial charge < -0.3 is 9.64 Å². The Morgan fingerprint density at radius 1 is 1.35 bits per heavy atom.